The summed E-state index contributed by atoms with van der Waals surface area (Å²) in [5.41, 5.74) is 0.353. The van der Waals surface area contributed by atoms with Gasteiger partial charge < -0.3 is 14.3 Å². The highest BCUT2D eigenvalue weighted by atomic mass is 32.2. The van der Waals surface area contributed by atoms with Gasteiger partial charge in [0.1, 0.15) is 35.4 Å². The molecule has 6 rings (SSSR count). The van der Waals surface area contributed by atoms with Gasteiger partial charge in [-0.05, 0) is 64.8 Å². The van der Waals surface area contributed by atoms with E-state index in [9.17, 15) is 38.4 Å². The molecule has 3 unspecified atom stereocenters. The minimum atomic E-state index is -1.55. The van der Waals surface area contributed by atoms with Crippen molar-refractivity contribution in [1.29, 1.82) is 0 Å². The van der Waals surface area contributed by atoms with Crippen molar-refractivity contribution in [2.75, 3.05) is 29.8 Å². The first-order valence-electron chi connectivity index (χ1n) is 16.0. The van der Waals surface area contributed by atoms with E-state index in [2.05, 4.69) is 0 Å². The summed E-state index contributed by atoms with van der Waals surface area (Å²) < 4.78 is 10.6. The zero-order valence-electron chi connectivity index (χ0n) is 28.6. The third kappa shape index (κ3) is 7.55. The van der Waals surface area contributed by atoms with Crippen LogP contribution in [-0.2, 0) is 19.1 Å². The van der Waals surface area contributed by atoms with Crippen molar-refractivity contribution in [3.63, 3.8) is 0 Å². The summed E-state index contributed by atoms with van der Waals surface area (Å²) in [4.78, 5) is 103. The van der Waals surface area contributed by atoms with Crippen LogP contribution in [0.3, 0.4) is 0 Å². The van der Waals surface area contributed by atoms with Crippen molar-refractivity contribution in [2.45, 2.75) is 58.8 Å². The maximum atomic E-state index is 13.4. The maximum absolute atomic E-state index is 13.4. The van der Waals surface area contributed by atoms with Crippen LogP contribution < -0.4 is 0 Å². The molecule has 2 aliphatic carbocycles. The lowest BCUT2D eigenvalue weighted by molar-refractivity contribution is -0.124. The maximum Gasteiger partial charge on any atom is 0.411 e. The fraction of sp³-hybridized carbons (Fsp3) is 0.444. The highest BCUT2D eigenvalue weighted by Gasteiger charge is 2.49. The number of Topliss-reactive ketones (excluding diaryl/α,β-unsaturated/α-hetero) is 5. The van der Waals surface area contributed by atoms with Gasteiger partial charge in [0.15, 0.2) is 28.9 Å². The summed E-state index contributed by atoms with van der Waals surface area (Å²) in [5.74, 6) is -3.68. The van der Waals surface area contributed by atoms with Crippen LogP contribution in [0.15, 0.2) is 36.4 Å². The lowest BCUT2D eigenvalue weighted by Gasteiger charge is -2.28. The Labute approximate surface area is 298 Å². The molecule has 264 valence electrons. The number of amides is 2. The van der Waals surface area contributed by atoms with E-state index < -0.39 is 58.5 Å². The number of carbonyl (C=O) groups excluding carboxylic acids is 8. The van der Waals surface area contributed by atoms with Crippen molar-refractivity contribution in [2.24, 2.45) is 11.8 Å². The molecule has 12 nitrogen and oxygen atoms in total. The van der Waals surface area contributed by atoms with Gasteiger partial charge in [0.05, 0.1) is 11.8 Å². The molecule has 0 spiro atoms. The molecular weight excluding hydrogens is 685 g/mol. The number of aldehydes is 1. The highest BCUT2D eigenvalue weighted by molar-refractivity contribution is 7.99. The van der Waals surface area contributed by atoms with Crippen molar-refractivity contribution in [1.82, 2.24) is 9.80 Å². The molecule has 2 amide bonds. The van der Waals surface area contributed by atoms with Crippen LogP contribution in [0, 0.1) is 11.8 Å². The summed E-state index contributed by atoms with van der Waals surface area (Å²) in [5, 5.41) is 0. The smallest absolute Gasteiger partial charge is 0.411 e. The van der Waals surface area contributed by atoms with Crippen molar-refractivity contribution in [3.8, 4) is 11.1 Å². The Hall–Kier alpha value is -4.30. The predicted octanol–water partition coefficient (Wildman–Crippen LogP) is 5.35. The van der Waals surface area contributed by atoms with Crippen LogP contribution in [0.2, 0.25) is 0 Å². The monoisotopic (exact) mass is 722 g/mol. The average molecular weight is 723 g/mol. The Balaban J connectivity index is 0.000000343. The van der Waals surface area contributed by atoms with Crippen molar-refractivity contribution >= 4 is 70.9 Å². The zero-order chi connectivity index (χ0) is 36.7. The minimum absolute atomic E-state index is 0.0778. The summed E-state index contributed by atoms with van der Waals surface area (Å²) in [6.45, 7) is 11.6. The molecule has 0 radical (unpaired) electrons. The Morgan fingerprint density at radius 1 is 0.720 bits per heavy atom. The molecule has 0 N–H and O–H groups in total. The molecule has 2 saturated heterocycles. The van der Waals surface area contributed by atoms with E-state index in [4.69, 9.17) is 9.47 Å². The first kappa shape index (κ1) is 37.0. The molecule has 3 atom stereocenters. The molecule has 2 aromatic carbocycles. The fourth-order valence-electron chi connectivity index (χ4n) is 5.81. The molecule has 2 heterocycles. The van der Waals surface area contributed by atoms with E-state index in [0.717, 1.165) is 18.2 Å². The van der Waals surface area contributed by atoms with E-state index in [0.29, 0.717) is 17.4 Å². The van der Waals surface area contributed by atoms with Crippen LogP contribution in [0.4, 0.5) is 9.59 Å². The molecule has 0 saturated carbocycles. The largest absolute Gasteiger partial charge is 0.444 e. The lowest BCUT2D eigenvalue weighted by Crippen LogP contribution is -2.48. The first-order chi connectivity index (χ1) is 23.4. The van der Waals surface area contributed by atoms with E-state index in [1.807, 2.05) is 20.8 Å². The van der Waals surface area contributed by atoms with Gasteiger partial charge in [-0.1, -0.05) is 24.3 Å². The van der Waals surface area contributed by atoms with Gasteiger partial charge in [-0.25, -0.2) is 9.59 Å². The summed E-state index contributed by atoms with van der Waals surface area (Å²) in [6.07, 6.45) is -0.541. The topological polar surface area (TPSA) is 161 Å². The standard InChI is InChI=1S/C28H23NO8S.C8H15NO2S/c1-28(2,3)37-27(36)29-12-38-11-20(29)26(35)21-24(33)16-7-5-14(9-18(16)25(21)34)13-4-6-15-17(8-13)23(32)19(10-30)22(15)31;1-8(2,3)11-7(10)9-4-5-12-6-9/h4-10,19-21H,11-12H2,1-3H3;4-6H2,1-3H3. The normalized spacial score (nSPS) is 21.4. The number of hydrogen-bond donors (Lipinski definition) is 0. The average Bonchev–Trinajstić information content (AvgIpc) is 3.83. The van der Waals surface area contributed by atoms with E-state index >= 15 is 0 Å². The molecule has 2 aliphatic heterocycles. The predicted molar refractivity (Wildman–Crippen MR) is 187 cm³/mol. The number of fused-ring (bicyclic) bond motifs is 2. The number of rotatable bonds is 4. The van der Waals surface area contributed by atoms with Gasteiger partial charge in [-0.2, -0.15) is 0 Å². The number of nitrogens with zero attached hydrogens (tertiary/aromatic N) is 2. The second-order valence-electron chi connectivity index (χ2n) is 14.2. The number of carbonyl (C=O) groups is 8. The van der Waals surface area contributed by atoms with Crippen molar-refractivity contribution in [3.05, 3.63) is 58.7 Å². The van der Waals surface area contributed by atoms with Gasteiger partial charge in [0.2, 0.25) is 0 Å². The van der Waals surface area contributed by atoms with Crippen LogP contribution in [0.1, 0.15) is 83.0 Å². The molecule has 2 fully saturated rings. The molecule has 4 aliphatic rings. The molecule has 14 heteroatoms. The fourth-order valence-corrected chi connectivity index (χ4v) is 7.90. The Morgan fingerprint density at radius 3 is 1.78 bits per heavy atom. The molecular formula is C36H38N2O10S2. The SMILES string of the molecule is CC(C)(C)OC(=O)N1CCSC1.CC(C)(C)OC(=O)N1CSCC1C(=O)C1C(=O)c2ccc(-c3ccc4c(c3)C(=O)C(C=O)C4=O)cc2C1=O. The number of ketones is 5. The van der Waals surface area contributed by atoms with E-state index in [1.54, 1.807) is 49.6 Å². The number of benzene rings is 2. The second-order valence-corrected chi connectivity index (χ2v) is 16.2. The quantitative estimate of drug-likeness (QED) is 0.294. The van der Waals surface area contributed by atoms with E-state index in [-0.39, 0.29) is 45.6 Å². The number of hydrogen-bond acceptors (Lipinski definition) is 12. The second kappa shape index (κ2) is 14.1. The zero-order valence-corrected chi connectivity index (χ0v) is 30.2. The Morgan fingerprint density at radius 2 is 1.24 bits per heavy atom. The van der Waals surface area contributed by atoms with Crippen LogP contribution in [0.25, 0.3) is 11.1 Å². The third-order valence-corrected chi connectivity index (χ3v) is 10.2. The lowest BCUT2D eigenvalue weighted by atomic mass is 9.93. The molecule has 0 bridgehead atoms. The third-order valence-electron chi connectivity index (χ3n) is 8.19. The molecule has 0 aromatic heterocycles. The van der Waals surface area contributed by atoms with Gasteiger partial charge in [-0.15, -0.1) is 23.5 Å². The van der Waals surface area contributed by atoms with E-state index in [1.165, 1.54) is 40.9 Å². The summed E-state index contributed by atoms with van der Waals surface area (Å²) >= 11 is 3.10. The number of ether oxygens (including phenoxy) is 2. The number of thioether (sulfide) groups is 2. The van der Waals surface area contributed by atoms with Gasteiger partial charge in [-0.3, -0.25) is 33.8 Å². The highest BCUT2D eigenvalue weighted by Crippen LogP contribution is 2.36. The van der Waals surface area contributed by atoms with Crippen LogP contribution in [0.5, 0.6) is 0 Å². The minimum Gasteiger partial charge on any atom is -0.444 e. The Bertz CT molecular complexity index is 1800. The van der Waals surface area contributed by atoms with Gasteiger partial charge in [0.25, 0.3) is 0 Å². The summed E-state index contributed by atoms with van der Waals surface area (Å²) in [7, 11) is 0. The molecule has 50 heavy (non-hydrogen) atoms. The molecule has 2 aromatic rings. The van der Waals surface area contributed by atoms with Gasteiger partial charge in [0, 0.05) is 40.3 Å². The first-order valence-corrected chi connectivity index (χ1v) is 18.3. The van der Waals surface area contributed by atoms with Crippen molar-refractivity contribution < 1.29 is 47.8 Å². The van der Waals surface area contributed by atoms with Crippen LogP contribution in [-0.4, -0.2) is 104 Å². The van der Waals surface area contributed by atoms with Crippen LogP contribution >= 0.6 is 23.5 Å². The Kier molecular flexibility index (Phi) is 10.5. The summed E-state index contributed by atoms with van der Waals surface area (Å²) in [6, 6.07) is 8.11. The van der Waals surface area contributed by atoms with Gasteiger partial charge >= 0.3 is 12.2 Å².